The number of carbonyl (C=O) groups excluding carboxylic acids is 1. The van der Waals surface area contributed by atoms with Crippen molar-refractivity contribution in [2.24, 2.45) is 0 Å². The Morgan fingerprint density at radius 3 is 2.48 bits per heavy atom. The minimum atomic E-state index is -0.232. The third-order valence-electron chi connectivity index (χ3n) is 5.88. The van der Waals surface area contributed by atoms with Gasteiger partial charge in [-0.1, -0.05) is 48.0 Å². The van der Waals surface area contributed by atoms with Gasteiger partial charge >= 0.3 is 0 Å². The standard InChI is InChI=1S/C28H31N3O2/c1-19-10-7-13-23(18-19)28(32)29-22(4)27-30-24-14-5-6-15-25(24)31(27)16-9-17-33-26-20(2)11-8-12-21(26)3/h5-8,10-15,18,22H,9,16-17H2,1-4H3,(H,29,32). The van der Waals surface area contributed by atoms with Gasteiger partial charge in [-0.15, -0.1) is 0 Å². The molecule has 0 aliphatic carbocycles. The Morgan fingerprint density at radius 2 is 1.73 bits per heavy atom. The molecule has 0 spiro atoms. The SMILES string of the molecule is Cc1cccc(C(=O)NC(C)c2nc3ccccc3n2CCCOc2c(C)cccc2C)c1. The highest BCUT2D eigenvalue weighted by molar-refractivity contribution is 5.94. The van der Waals surface area contributed by atoms with Crippen molar-refractivity contribution in [1.82, 2.24) is 14.9 Å². The molecule has 4 aromatic rings. The van der Waals surface area contributed by atoms with Crippen molar-refractivity contribution in [3.8, 4) is 5.75 Å². The van der Waals surface area contributed by atoms with Crippen molar-refractivity contribution < 1.29 is 9.53 Å². The van der Waals surface area contributed by atoms with E-state index in [4.69, 9.17) is 9.72 Å². The van der Waals surface area contributed by atoms with Crippen LogP contribution in [0.5, 0.6) is 5.75 Å². The molecule has 0 aliphatic heterocycles. The van der Waals surface area contributed by atoms with Crippen LogP contribution >= 0.6 is 0 Å². The van der Waals surface area contributed by atoms with Gasteiger partial charge in [-0.2, -0.15) is 0 Å². The van der Waals surface area contributed by atoms with Crippen LogP contribution in [-0.4, -0.2) is 22.1 Å². The highest BCUT2D eigenvalue weighted by atomic mass is 16.5. The highest BCUT2D eigenvalue weighted by Crippen LogP contribution is 2.24. The second-order valence-electron chi connectivity index (χ2n) is 8.60. The van der Waals surface area contributed by atoms with Gasteiger partial charge in [0.15, 0.2) is 0 Å². The summed E-state index contributed by atoms with van der Waals surface area (Å²) >= 11 is 0. The first kappa shape index (κ1) is 22.6. The zero-order valence-corrected chi connectivity index (χ0v) is 19.8. The zero-order valence-electron chi connectivity index (χ0n) is 19.8. The van der Waals surface area contributed by atoms with Crippen molar-refractivity contribution in [2.45, 2.75) is 46.7 Å². The first-order valence-corrected chi connectivity index (χ1v) is 11.5. The van der Waals surface area contributed by atoms with E-state index in [0.29, 0.717) is 12.2 Å². The lowest BCUT2D eigenvalue weighted by molar-refractivity contribution is 0.0937. The van der Waals surface area contributed by atoms with E-state index >= 15 is 0 Å². The molecule has 1 N–H and O–H groups in total. The number of hydrogen-bond donors (Lipinski definition) is 1. The molecule has 1 heterocycles. The van der Waals surface area contributed by atoms with Crippen molar-refractivity contribution in [1.29, 1.82) is 0 Å². The number of rotatable bonds is 8. The number of aromatic nitrogens is 2. The number of nitrogens with one attached hydrogen (secondary N) is 1. The molecule has 0 aliphatic rings. The molecule has 1 amide bonds. The normalized spacial score (nSPS) is 12.0. The molecule has 33 heavy (non-hydrogen) atoms. The van der Waals surface area contributed by atoms with E-state index in [2.05, 4.69) is 41.9 Å². The molecule has 1 unspecified atom stereocenters. The molecule has 1 aromatic heterocycles. The number of fused-ring (bicyclic) bond motifs is 1. The number of nitrogens with zero attached hydrogens (tertiary/aromatic N) is 2. The van der Waals surface area contributed by atoms with Crippen LogP contribution in [0.2, 0.25) is 0 Å². The molecule has 170 valence electrons. The van der Waals surface area contributed by atoms with E-state index in [1.54, 1.807) is 0 Å². The Morgan fingerprint density at radius 1 is 1.00 bits per heavy atom. The highest BCUT2D eigenvalue weighted by Gasteiger charge is 2.19. The smallest absolute Gasteiger partial charge is 0.251 e. The lowest BCUT2D eigenvalue weighted by Gasteiger charge is -2.17. The Bertz CT molecular complexity index is 1260. The van der Waals surface area contributed by atoms with Gasteiger partial charge in [-0.25, -0.2) is 4.98 Å². The van der Waals surface area contributed by atoms with Gasteiger partial charge in [0.05, 0.1) is 23.7 Å². The second-order valence-corrected chi connectivity index (χ2v) is 8.60. The third-order valence-corrected chi connectivity index (χ3v) is 5.88. The fraction of sp³-hybridized carbons (Fsp3) is 0.286. The minimum absolute atomic E-state index is 0.0943. The van der Waals surface area contributed by atoms with Crippen LogP contribution in [0, 0.1) is 20.8 Å². The fourth-order valence-corrected chi connectivity index (χ4v) is 4.21. The third kappa shape index (κ3) is 5.08. The Hall–Kier alpha value is -3.60. The number of imidazole rings is 1. The summed E-state index contributed by atoms with van der Waals surface area (Å²) in [6.07, 6.45) is 0.833. The number of amides is 1. The van der Waals surface area contributed by atoms with Crippen LogP contribution in [0.25, 0.3) is 11.0 Å². The molecule has 4 rings (SSSR count). The molecule has 3 aromatic carbocycles. The van der Waals surface area contributed by atoms with Gasteiger partial charge in [0.25, 0.3) is 5.91 Å². The predicted molar refractivity (Wildman–Crippen MR) is 133 cm³/mol. The summed E-state index contributed by atoms with van der Waals surface area (Å²) in [7, 11) is 0. The van der Waals surface area contributed by atoms with E-state index in [1.165, 1.54) is 0 Å². The molecular formula is C28H31N3O2. The van der Waals surface area contributed by atoms with Crippen LogP contribution < -0.4 is 10.1 Å². The van der Waals surface area contributed by atoms with E-state index < -0.39 is 0 Å². The molecule has 5 heteroatoms. The maximum absolute atomic E-state index is 12.8. The summed E-state index contributed by atoms with van der Waals surface area (Å²) < 4.78 is 8.31. The molecule has 5 nitrogen and oxygen atoms in total. The average molecular weight is 442 g/mol. The summed E-state index contributed by atoms with van der Waals surface area (Å²) in [5, 5.41) is 3.12. The maximum Gasteiger partial charge on any atom is 0.251 e. The average Bonchev–Trinajstić information content (AvgIpc) is 3.17. The van der Waals surface area contributed by atoms with Gasteiger partial charge in [-0.05, 0) is 69.5 Å². The van der Waals surface area contributed by atoms with Gasteiger partial charge in [0, 0.05) is 12.1 Å². The molecule has 1 atom stereocenters. The summed E-state index contributed by atoms with van der Waals surface area (Å²) in [4.78, 5) is 17.7. The van der Waals surface area contributed by atoms with Crippen molar-refractivity contribution in [2.75, 3.05) is 6.61 Å². The Balaban J connectivity index is 1.50. The van der Waals surface area contributed by atoms with E-state index in [9.17, 15) is 4.79 Å². The number of benzene rings is 3. The first-order valence-electron chi connectivity index (χ1n) is 11.5. The largest absolute Gasteiger partial charge is 0.493 e. The van der Waals surface area contributed by atoms with Crippen LogP contribution in [0.4, 0.5) is 0 Å². The zero-order chi connectivity index (χ0) is 23.4. The van der Waals surface area contributed by atoms with Gasteiger partial charge < -0.3 is 14.6 Å². The number of ether oxygens (including phenoxy) is 1. The second kappa shape index (κ2) is 9.90. The van der Waals surface area contributed by atoms with Crippen LogP contribution in [0.3, 0.4) is 0 Å². The number of para-hydroxylation sites is 3. The molecule has 0 saturated heterocycles. The summed E-state index contributed by atoms with van der Waals surface area (Å²) in [5.74, 6) is 1.72. The van der Waals surface area contributed by atoms with Gasteiger partial charge in [0.1, 0.15) is 11.6 Å². The number of carbonyl (C=O) groups is 1. The maximum atomic E-state index is 12.8. The van der Waals surface area contributed by atoms with Gasteiger partial charge in [-0.3, -0.25) is 4.79 Å². The lowest BCUT2D eigenvalue weighted by atomic mass is 10.1. The molecular weight excluding hydrogens is 410 g/mol. The summed E-state index contributed by atoms with van der Waals surface area (Å²) in [6.45, 7) is 9.48. The predicted octanol–water partition coefficient (Wildman–Crippen LogP) is 5.92. The van der Waals surface area contributed by atoms with Crippen molar-refractivity contribution in [3.63, 3.8) is 0 Å². The number of hydrogen-bond acceptors (Lipinski definition) is 3. The lowest BCUT2D eigenvalue weighted by Crippen LogP contribution is -2.29. The monoisotopic (exact) mass is 441 g/mol. The quantitative estimate of drug-likeness (QED) is 0.345. The number of aryl methyl sites for hydroxylation is 4. The first-order chi connectivity index (χ1) is 15.9. The summed E-state index contributed by atoms with van der Waals surface area (Å²) in [5.41, 5.74) is 6.02. The molecule has 0 radical (unpaired) electrons. The molecule has 0 fully saturated rings. The van der Waals surface area contributed by atoms with Gasteiger partial charge in [0.2, 0.25) is 0 Å². The Labute approximate surface area is 195 Å². The van der Waals surface area contributed by atoms with E-state index in [-0.39, 0.29) is 11.9 Å². The topological polar surface area (TPSA) is 56.2 Å². The van der Waals surface area contributed by atoms with Crippen LogP contribution in [-0.2, 0) is 6.54 Å². The molecule has 0 bridgehead atoms. The van der Waals surface area contributed by atoms with Crippen molar-refractivity contribution >= 4 is 16.9 Å². The summed E-state index contributed by atoms with van der Waals surface area (Å²) in [6, 6.07) is 21.7. The molecule has 0 saturated carbocycles. The van der Waals surface area contributed by atoms with Crippen molar-refractivity contribution in [3.05, 3.63) is 94.8 Å². The van der Waals surface area contributed by atoms with Crippen LogP contribution in [0.15, 0.2) is 66.7 Å². The fourth-order valence-electron chi connectivity index (χ4n) is 4.21. The van der Waals surface area contributed by atoms with Crippen LogP contribution in [0.1, 0.15) is 52.3 Å². The van der Waals surface area contributed by atoms with E-state index in [1.807, 2.05) is 62.4 Å². The van der Waals surface area contributed by atoms with E-state index in [0.717, 1.165) is 52.3 Å². The Kier molecular flexibility index (Phi) is 6.78. The minimum Gasteiger partial charge on any atom is -0.493 e.